The molecule has 0 aliphatic heterocycles. The molecule has 0 fully saturated rings. The quantitative estimate of drug-likeness (QED) is 0.453. The number of hydrogen-bond acceptors (Lipinski definition) is 7. The predicted octanol–water partition coefficient (Wildman–Crippen LogP) is 2.90. The van der Waals surface area contributed by atoms with Gasteiger partial charge in [0.2, 0.25) is 0 Å². The monoisotopic (exact) mass is 327 g/mol. The standard InChI is InChI=1S/C15H13N5O4/c16-10-11-1-6-15(20(23)24)14(9-11)18-8-7-17-12-2-4-13(5-3-12)19(21)22/h1-6,9,17-18H,7-8H2. The summed E-state index contributed by atoms with van der Waals surface area (Å²) in [5.74, 6) is 0. The number of hydrogen-bond donors (Lipinski definition) is 2. The Balaban J connectivity index is 1.93. The lowest BCUT2D eigenvalue weighted by molar-refractivity contribution is -0.384. The van der Waals surface area contributed by atoms with Gasteiger partial charge in [-0.1, -0.05) is 0 Å². The van der Waals surface area contributed by atoms with Crippen molar-refractivity contribution in [3.63, 3.8) is 0 Å². The molecule has 2 aromatic rings. The maximum Gasteiger partial charge on any atom is 0.292 e. The normalized spacial score (nSPS) is 9.79. The number of nitrogens with zero attached hydrogens (tertiary/aromatic N) is 3. The summed E-state index contributed by atoms with van der Waals surface area (Å²) in [4.78, 5) is 20.5. The summed E-state index contributed by atoms with van der Waals surface area (Å²) in [7, 11) is 0. The van der Waals surface area contributed by atoms with Crippen LogP contribution in [-0.2, 0) is 0 Å². The highest BCUT2D eigenvalue weighted by atomic mass is 16.6. The van der Waals surface area contributed by atoms with Gasteiger partial charge in [0, 0.05) is 37.0 Å². The van der Waals surface area contributed by atoms with Gasteiger partial charge in [0.05, 0.1) is 21.5 Å². The maximum absolute atomic E-state index is 11.0. The lowest BCUT2D eigenvalue weighted by Crippen LogP contribution is -2.14. The zero-order chi connectivity index (χ0) is 17.5. The van der Waals surface area contributed by atoms with E-state index in [4.69, 9.17) is 5.26 Å². The summed E-state index contributed by atoms with van der Waals surface area (Å²) >= 11 is 0. The Bertz CT molecular complexity index is 799. The minimum absolute atomic E-state index is 0.00242. The van der Waals surface area contributed by atoms with Crippen molar-refractivity contribution in [3.05, 3.63) is 68.3 Å². The summed E-state index contributed by atoms with van der Waals surface area (Å²) in [6.07, 6.45) is 0. The Labute approximate surface area is 136 Å². The molecular formula is C15H13N5O4. The second-order valence-corrected chi connectivity index (χ2v) is 4.76. The average Bonchev–Trinajstić information content (AvgIpc) is 2.58. The van der Waals surface area contributed by atoms with Gasteiger partial charge in [0.25, 0.3) is 11.4 Å². The van der Waals surface area contributed by atoms with Gasteiger partial charge in [-0.05, 0) is 24.3 Å². The van der Waals surface area contributed by atoms with Gasteiger partial charge in [-0.15, -0.1) is 0 Å². The van der Waals surface area contributed by atoms with Crippen molar-refractivity contribution in [1.29, 1.82) is 5.26 Å². The first-order chi connectivity index (χ1) is 11.5. The lowest BCUT2D eigenvalue weighted by Gasteiger charge is -2.09. The smallest absolute Gasteiger partial charge is 0.292 e. The highest BCUT2D eigenvalue weighted by Crippen LogP contribution is 2.25. The van der Waals surface area contributed by atoms with E-state index in [1.165, 1.54) is 30.3 Å². The van der Waals surface area contributed by atoms with Crippen LogP contribution in [0.15, 0.2) is 42.5 Å². The highest BCUT2D eigenvalue weighted by Gasteiger charge is 2.13. The van der Waals surface area contributed by atoms with E-state index in [0.29, 0.717) is 24.3 Å². The summed E-state index contributed by atoms with van der Waals surface area (Å²) < 4.78 is 0. The molecule has 2 rings (SSSR count). The molecule has 0 unspecified atom stereocenters. The molecule has 0 spiro atoms. The first-order valence-corrected chi connectivity index (χ1v) is 6.92. The van der Waals surface area contributed by atoms with Gasteiger partial charge < -0.3 is 10.6 Å². The van der Waals surface area contributed by atoms with Crippen molar-refractivity contribution in [3.8, 4) is 6.07 Å². The van der Waals surface area contributed by atoms with E-state index in [1.807, 2.05) is 6.07 Å². The molecule has 0 aliphatic carbocycles. The molecule has 0 radical (unpaired) electrons. The summed E-state index contributed by atoms with van der Waals surface area (Å²) in [6.45, 7) is 0.804. The first-order valence-electron chi connectivity index (χ1n) is 6.92. The van der Waals surface area contributed by atoms with Crippen LogP contribution in [-0.4, -0.2) is 22.9 Å². The molecule has 2 N–H and O–H groups in total. The van der Waals surface area contributed by atoms with E-state index in [2.05, 4.69) is 10.6 Å². The van der Waals surface area contributed by atoms with Gasteiger partial charge in [-0.25, -0.2) is 0 Å². The maximum atomic E-state index is 11.0. The lowest BCUT2D eigenvalue weighted by atomic mass is 10.2. The molecule has 0 amide bonds. The molecule has 0 saturated carbocycles. The molecule has 24 heavy (non-hydrogen) atoms. The Morgan fingerprint density at radius 1 is 0.958 bits per heavy atom. The summed E-state index contributed by atoms with van der Waals surface area (Å²) in [5, 5.41) is 36.3. The second kappa shape index (κ2) is 7.55. The van der Waals surface area contributed by atoms with Crippen LogP contribution >= 0.6 is 0 Å². The third kappa shape index (κ3) is 4.17. The topological polar surface area (TPSA) is 134 Å². The van der Waals surface area contributed by atoms with Gasteiger partial charge in [0.1, 0.15) is 5.69 Å². The van der Waals surface area contributed by atoms with E-state index in [0.717, 1.165) is 0 Å². The SMILES string of the molecule is N#Cc1ccc([N+](=O)[O-])c(NCCNc2ccc([N+](=O)[O-])cc2)c1. The average molecular weight is 327 g/mol. The van der Waals surface area contributed by atoms with Crippen LogP contribution in [0, 0.1) is 31.6 Å². The molecule has 122 valence electrons. The van der Waals surface area contributed by atoms with Crippen molar-refractivity contribution in [2.24, 2.45) is 0 Å². The van der Waals surface area contributed by atoms with Gasteiger partial charge in [-0.2, -0.15) is 5.26 Å². The molecule has 0 heterocycles. The number of anilines is 2. The van der Waals surface area contributed by atoms with Crippen LogP contribution in [0.3, 0.4) is 0 Å². The second-order valence-electron chi connectivity index (χ2n) is 4.76. The van der Waals surface area contributed by atoms with Gasteiger partial charge in [-0.3, -0.25) is 20.2 Å². The number of benzene rings is 2. The third-order valence-electron chi connectivity index (χ3n) is 3.17. The molecule has 0 aliphatic rings. The number of nitrogens with one attached hydrogen (secondary N) is 2. The summed E-state index contributed by atoms with van der Waals surface area (Å²) in [6, 6.07) is 12.0. The Morgan fingerprint density at radius 3 is 2.21 bits per heavy atom. The zero-order valence-electron chi connectivity index (χ0n) is 12.4. The van der Waals surface area contributed by atoms with Crippen LogP contribution in [0.25, 0.3) is 0 Å². The van der Waals surface area contributed by atoms with E-state index < -0.39 is 9.85 Å². The zero-order valence-corrected chi connectivity index (χ0v) is 12.4. The molecule has 9 nitrogen and oxygen atoms in total. The van der Waals surface area contributed by atoms with Crippen molar-refractivity contribution >= 4 is 22.7 Å². The molecule has 0 atom stereocenters. The van der Waals surface area contributed by atoms with Gasteiger partial charge in [0.15, 0.2) is 0 Å². The first kappa shape index (κ1) is 16.7. The van der Waals surface area contributed by atoms with Crippen LogP contribution in [0.2, 0.25) is 0 Å². The van der Waals surface area contributed by atoms with Crippen LogP contribution in [0.1, 0.15) is 5.56 Å². The highest BCUT2D eigenvalue weighted by molar-refractivity contribution is 5.64. The fourth-order valence-electron chi connectivity index (χ4n) is 2.01. The molecule has 9 heteroatoms. The van der Waals surface area contributed by atoms with E-state index in [-0.39, 0.29) is 17.1 Å². The van der Waals surface area contributed by atoms with E-state index in [1.54, 1.807) is 12.1 Å². The van der Waals surface area contributed by atoms with Gasteiger partial charge >= 0.3 is 0 Å². The fraction of sp³-hybridized carbons (Fsp3) is 0.133. The van der Waals surface area contributed by atoms with Crippen molar-refractivity contribution in [2.45, 2.75) is 0 Å². The number of rotatable bonds is 7. The number of nitriles is 1. The van der Waals surface area contributed by atoms with Crippen LogP contribution < -0.4 is 10.6 Å². The Hall–Kier alpha value is -3.67. The third-order valence-corrected chi connectivity index (χ3v) is 3.17. The van der Waals surface area contributed by atoms with Crippen LogP contribution in [0.4, 0.5) is 22.7 Å². The Kier molecular flexibility index (Phi) is 5.25. The van der Waals surface area contributed by atoms with E-state index in [9.17, 15) is 20.2 Å². The molecule has 0 aromatic heterocycles. The number of nitro benzene ring substituents is 2. The molecule has 0 bridgehead atoms. The fourth-order valence-corrected chi connectivity index (χ4v) is 2.01. The van der Waals surface area contributed by atoms with Crippen molar-refractivity contribution in [2.75, 3.05) is 23.7 Å². The predicted molar refractivity (Wildman–Crippen MR) is 87.9 cm³/mol. The van der Waals surface area contributed by atoms with E-state index >= 15 is 0 Å². The number of nitro groups is 2. The minimum Gasteiger partial charge on any atom is -0.383 e. The summed E-state index contributed by atoms with van der Waals surface area (Å²) in [5.41, 5.74) is 1.19. The minimum atomic E-state index is -0.521. The van der Waals surface area contributed by atoms with Crippen molar-refractivity contribution < 1.29 is 9.85 Å². The van der Waals surface area contributed by atoms with Crippen molar-refractivity contribution in [1.82, 2.24) is 0 Å². The largest absolute Gasteiger partial charge is 0.383 e. The molecule has 2 aromatic carbocycles. The molecular weight excluding hydrogens is 314 g/mol. The number of non-ortho nitro benzene ring substituents is 1. The van der Waals surface area contributed by atoms with Crippen LogP contribution in [0.5, 0.6) is 0 Å². The molecule has 0 saturated heterocycles. The Morgan fingerprint density at radius 2 is 1.62 bits per heavy atom.